The molecule has 1 aliphatic rings. The maximum absolute atomic E-state index is 2.48. The summed E-state index contributed by atoms with van der Waals surface area (Å²) in [5, 5.41) is 0. The van der Waals surface area contributed by atoms with Gasteiger partial charge in [-0.1, -0.05) is 13.1 Å². The van der Waals surface area contributed by atoms with Gasteiger partial charge in [0, 0.05) is 33.8 Å². The Labute approximate surface area is 107 Å². The number of fused-ring (bicyclic) bond motifs is 3. The largest absolute Gasteiger partial charge is 0.145 e. The molecule has 3 heteroatoms. The summed E-state index contributed by atoms with van der Waals surface area (Å²) in [6, 6.07) is 4.78. The Morgan fingerprint density at radius 2 is 1.38 bits per heavy atom. The van der Waals surface area contributed by atoms with Crippen LogP contribution in [0.2, 0.25) is 13.1 Å². The van der Waals surface area contributed by atoms with Crippen molar-refractivity contribution < 1.29 is 0 Å². The van der Waals surface area contributed by atoms with E-state index in [1.54, 1.807) is 20.9 Å². The Morgan fingerprint density at radius 1 is 0.938 bits per heavy atom. The van der Waals surface area contributed by atoms with E-state index in [1.165, 1.54) is 9.75 Å². The molecule has 0 saturated carbocycles. The first-order chi connectivity index (χ1) is 7.58. The van der Waals surface area contributed by atoms with Crippen LogP contribution in [0.3, 0.4) is 0 Å². The van der Waals surface area contributed by atoms with Crippen molar-refractivity contribution in [2.45, 2.75) is 32.5 Å². The lowest BCUT2D eigenvalue weighted by Gasteiger charge is -2.13. The molecule has 2 aromatic rings. The zero-order valence-electron chi connectivity index (χ0n) is 10.1. The quantitative estimate of drug-likeness (QED) is 0.662. The van der Waals surface area contributed by atoms with E-state index in [0.717, 1.165) is 5.54 Å². The third-order valence-corrected chi connectivity index (χ3v) is 8.04. The summed E-state index contributed by atoms with van der Waals surface area (Å²) in [4.78, 5) is 6.28. The van der Waals surface area contributed by atoms with Crippen LogP contribution in [0.4, 0.5) is 0 Å². The zero-order valence-corrected chi connectivity index (χ0v) is 12.9. The molecule has 0 bridgehead atoms. The van der Waals surface area contributed by atoms with Crippen molar-refractivity contribution in [2.24, 2.45) is 0 Å². The van der Waals surface area contributed by atoms with Crippen LogP contribution in [0.25, 0.3) is 11.1 Å². The summed E-state index contributed by atoms with van der Waals surface area (Å²) in [6.45, 7) is 9.43. The van der Waals surface area contributed by atoms with E-state index in [1.807, 2.05) is 22.7 Å². The van der Waals surface area contributed by atoms with E-state index < -0.39 is 8.80 Å². The Bertz CT molecular complexity index is 502. The molecule has 84 valence electrons. The molecule has 0 radical (unpaired) electrons. The van der Waals surface area contributed by atoms with Crippen molar-refractivity contribution in [1.82, 2.24) is 0 Å². The molecule has 1 aliphatic carbocycles. The summed E-state index contributed by atoms with van der Waals surface area (Å²) in [5.41, 5.74) is 3.89. The first-order valence-electron chi connectivity index (χ1n) is 5.79. The first-order valence-corrected chi connectivity index (χ1v) is 10.4. The van der Waals surface area contributed by atoms with E-state index in [0.29, 0.717) is 0 Å². The number of rotatable bonds is 1. The van der Waals surface area contributed by atoms with Crippen molar-refractivity contribution in [3.8, 4) is 11.1 Å². The minimum atomic E-state index is -0.650. The number of hydrogen-bond donors (Lipinski definition) is 0. The van der Waals surface area contributed by atoms with E-state index in [9.17, 15) is 0 Å². The average Bonchev–Trinajstić information content (AvgIpc) is 2.75. The lowest BCUT2D eigenvalue weighted by molar-refractivity contribution is 1.24. The highest BCUT2D eigenvalue weighted by Gasteiger charge is 2.34. The third kappa shape index (κ3) is 1.38. The minimum absolute atomic E-state index is 0.650. The average molecular weight is 264 g/mol. The van der Waals surface area contributed by atoms with Crippen molar-refractivity contribution in [3.05, 3.63) is 31.6 Å². The molecule has 0 saturated heterocycles. The van der Waals surface area contributed by atoms with E-state index in [-0.39, 0.29) is 0 Å². The molecule has 0 spiro atoms. The van der Waals surface area contributed by atoms with Gasteiger partial charge in [-0.2, -0.15) is 0 Å². The summed E-state index contributed by atoms with van der Waals surface area (Å²) in [5.74, 6) is 0. The third-order valence-electron chi connectivity index (χ3n) is 3.29. The zero-order chi connectivity index (χ0) is 11.4. The maximum Gasteiger partial charge on any atom is 0.0465 e. The molecule has 2 aromatic heterocycles. The van der Waals surface area contributed by atoms with E-state index in [4.69, 9.17) is 0 Å². The lowest BCUT2D eigenvalue weighted by Crippen LogP contribution is -2.12. The standard InChI is InChI=1S/C13H16S2Si/c1-7-5-9-10-6-8(2)15-12(10)13(16(3)4)11(9)14-7/h5-6,13,16H,1-4H3. The molecule has 0 fully saturated rings. The van der Waals surface area contributed by atoms with Gasteiger partial charge in [0.15, 0.2) is 0 Å². The van der Waals surface area contributed by atoms with Gasteiger partial charge in [-0.15, -0.1) is 22.7 Å². The normalized spacial score (nSPS) is 14.6. The topological polar surface area (TPSA) is 0 Å². The fraction of sp³-hybridized carbons (Fsp3) is 0.385. The summed E-state index contributed by atoms with van der Waals surface area (Å²) >= 11 is 4.04. The molecule has 16 heavy (non-hydrogen) atoms. The molecule has 0 N–H and O–H groups in total. The number of thiophene rings is 2. The van der Waals surface area contributed by atoms with Crippen LogP contribution in [0, 0.1) is 13.8 Å². The van der Waals surface area contributed by atoms with Crippen LogP contribution in [-0.4, -0.2) is 8.80 Å². The van der Waals surface area contributed by atoms with Gasteiger partial charge in [0.1, 0.15) is 0 Å². The van der Waals surface area contributed by atoms with Gasteiger partial charge in [0.25, 0.3) is 0 Å². The summed E-state index contributed by atoms with van der Waals surface area (Å²) < 4.78 is 0. The second-order valence-electron chi connectivity index (χ2n) is 4.99. The van der Waals surface area contributed by atoms with Crippen molar-refractivity contribution in [2.75, 3.05) is 0 Å². The maximum atomic E-state index is 2.48. The Hall–Kier alpha value is -0.383. The molecular weight excluding hydrogens is 248 g/mol. The van der Waals surface area contributed by atoms with Gasteiger partial charge in [-0.05, 0) is 37.1 Å². The monoisotopic (exact) mass is 264 g/mol. The second-order valence-corrected chi connectivity index (χ2v) is 10.7. The number of aryl methyl sites for hydroxylation is 2. The van der Waals surface area contributed by atoms with Gasteiger partial charge in [0.2, 0.25) is 0 Å². The molecule has 0 unspecified atom stereocenters. The highest BCUT2D eigenvalue weighted by Crippen LogP contribution is 2.52. The minimum Gasteiger partial charge on any atom is -0.145 e. The van der Waals surface area contributed by atoms with E-state index in [2.05, 4.69) is 39.1 Å². The molecule has 2 heterocycles. The van der Waals surface area contributed by atoms with Crippen LogP contribution < -0.4 is 0 Å². The highest BCUT2D eigenvalue weighted by atomic mass is 32.1. The highest BCUT2D eigenvalue weighted by molar-refractivity contribution is 7.15. The summed E-state index contributed by atoms with van der Waals surface area (Å²) in [7, 11) is -0.650. The van der Waals surface area contributed by atoms with Crippen LogP contribution in [-0.2, 0) is 0 Å². The predicted octanol–water partition coefficient (Wildman–Crippen LogP) is 4.56. The fourth-order valence-electron chi connectivity index (χ4n) is 2.67. The van der Waals surface area contributed by atoms with Crippen molar-refractivity contribution in [3.63, 3.8) is 0 Å². The second kappa shape index (κ2) is 3.55. The Kier molecular flexibility index (Phi) is 2.39. The van der Waals surface area contributed by atoms with Gasteiger partial charge in [0.05, 0.1) is 0 Å². The first kappa shape index (κ1) is 10.8. The van der Waals surface area contributed by atoms with Crippen LogP contribution in [0.15, 0.2) is 12.1 Å². The van der Waals surface area contributed by atoms with E-state index >= 15 is 0 Å². The van der Waals surface area contributed by atoms with Gasteiger partial charge in [-0.25, -0.2) is 0 Å². The molecular formula is C13H16S2Si. The SMILES string of the molecule is Cc1cc2c(s1)C([SiH](C)C)c1sc(C)cc1-2. The molecule has 0 nitrogen and oxygen atoms in total. The predicted molar refractivity (Wildman–Crippen MR) is 77.8 cm³/mol. The van der Waals surface area contributed by atoms with Gasteiger partial charge in [-0.3, -0.25) is 0 Å². The van der Waals surface area contributed by atoms with Crippen molar-refractivity contribution >= 4 is 31.5 Å². The van der Waals surface area contributed by atoms with Crippen molar-refractivity contribution in [1.29, 1.82) is 0 Å². The smallest absolute Gasteiger partial charge is 0.0465 e. The molecule has 3 rings (SSSR count). The molecule has 0 atom stereocenters. The Morgan fingerprint density at radius 3 is 1.75 bits per heavy atom. The molecule has 0 aromatic carbocycles. The molecule has 0 aliphatic heterocycles. The summed E-state index contributed by atoms with van der Waals surface area (Å²) in [6.07, 6.45) is 0. The van der Waals surface area contributed by atoms with Crippen LogP contribution in [0.1, 0.15) is 25.0 Å². The van der Waals surface area contributed by atoms with Crippen LogP contribution >= 0.6 is 22.7 Å². The number of hydrogen-bond acceptors (Lipinski definition) is 2. The fourth-order valence-corrected chi connectivity index (χ4v) is 8.45. The Balaban J connectivity index is 2.27. The van der Waals surface area contributed by atoms with Gasteiger partial charge >= 0.3 is 0 Å². The van der Waals surface area contributed by atoms with Crippen LogP contribution in [0.5, 0.6) is 0 Å². The molecule has 0 amide bonds. The van der Waals surface area contributed by atoms with Gasteiger partial charge < -0.3 is 0 Å². The lowest BCUT2D eigenvalue weighted by atomic mass is 10.2.